The van der Waals surface area contributed by atoms with E-state index in [1.54, 1.807) is 0 Å². The summed E-state index contributed by atoms with van der Waals surface area (Å²) in [5.41, 5.74) is 2.63. The van der Waals surface area contributed by atoms with Crippen LogP contribution in [0.15, 0.2) is 18.2 Å². The number of alkyl halides is 1. The summed E-state index contributed by atoms with van der Waals surface area (Å²) in [7, 11) is -2.97. The van der Waals surface area contributed by atoms with Gasteiger partial charge in [-0.15, -0.1) is 11.6 Å². The predicted octanol–water partition coefficient (Wildman–Crippen LogP) is 2.66. The fraction of sp³-hybridized carbons (Fsp3) is 0.533. The number of nitrogens with zero attached hydrogens (tertiary/aromatic N) is 2. The van der Waals surface area contributed by atoms with Crippen molar-refractivity contribution in [2.45, 2.75) is 32.2 Å². The minimum absolute atomic E-state index is 0.175. The second-order valence-corrected chi connectivity index (χ2v) is 8.65. The minimum atomic E-state index is -2.97. The third-order valence-corrected chi connectivity index (χ3v) is 6.37. The monoisotopic (exact) mass is 326 g/mol. The lowest BCUT2D eigenvalue weighted by Crippen LogP contribution is -2.33. The molecular weight excluding hydrogens is 308 g/mol. The minimum Gasteiger partial charge on any atom is -0.321 e. The fourth-order valence-corrected chi connectivity index (χ4v) is 5.60. The van der Waals surface area contributed by atoms with Gasteiger partial charge < -0.3 is 4.57 Å². The van der Waals surface area contributed by atoms with Gasteiger partial charge in [-0.3, -0.25) is 0 Å². The van der Waals surface area contributed by atoms with Crippen molar-refractivity contribution in [3.63, 3.8) is 0 Å². The second-order valence-electron chi connectivity index (χ2n) is 6.08. The van der Waals surface area contributed by atoms with Crippen LogP contribution < -0.4 is 0 Å². The van der Waals surface area contributed by atoms with Crippen molar-refractivity contribution >= 4 is 32.5 Å². The number of rotatable bonds is 3. The quantitative estimate of drug-likeness (QED) is 0.815. The Kier molecular flexibility index (Phi) is 3.53. The van der Waals surface area contributed by atoms with Crippen LogP contribution in [-0.4, -0.2) is 35.4 Å². The molecule has 114 valence electrons. The third-order valence-electron chi connectivity index (χ3n) is 4.30. The standard InChI is InChI=1S/C15H19ClN2O2S/c1-11-4-3-5-12-14(11)17-13(6-8-16)18(12)15(2)7-9-21(19,20)10-15/h3-5H,6-10H2,1-2H3. The number of hydrogen-bond donors (Lipinski definition) is 0. The van der Waals surface area contributed by atoms with E-state index in [2.05, 4.69) is 4.57 Å². The average molecular weight is 327 g/mol. The molecule has 3 rings (SSSR count). The van der Waals surface area contributed by atoms with Crippen LogP contribution in [0.5, 0.6) is 0 Å². The zero-order chi connectivity index (χ0) is 15.3. The van der Waals surface area contributed by atoms with Gasteiger partial charge in [0, 0.05) is 12.3 Å². The summed E-state index contributed by atoms with van der Waals surface area (Å²) in [6, 6.07) is 6.04. The van der Waals surface area contributed by atoms with Gasteiger partial charge in [0.1, 0.15) is 5.82 Å². The number of imidazole rings is 1. The highest BCUT2D eigenvalue weighted by molar-refractivity contribution is 7.91. The van der Waals surface area contributed by atoms with E-state index >= 15 is 0 Å². The molecule has 1 aromatic heterocycles. The lowest BCUT2D eigenvalue weighted by Gasteiger charge is -2.27. The summed E-state index contributed by atoms with van der Waals surface area (Å²) in [6.07, 6.45) is 1.27. The molecule has 21 heavy (non-hydrogen) atoms. The van der Waals surface area contributed by atoms with E-state index in [-0.39, 0.29) is 11.5 Å². The van der Waals surface area contributed by atoms with Crippen LogP contribution in [0.25, 0.3) is 11.0 Å². The van der Waals surface area contributed by atoms with Crippen LogP contribution in [-0.2, 0) is 21.8 Å². The van der Waals surface area contributed by atoms with Crippen LogP contribution >= 0.6 is 11.6 Å². The number of halogens is 1. The molecule has 1 aliphatic rings. The summed E-state index contributed by atoms with van der Waals surface area (Å²) in [5.74, 6) is 1.78. The fourth-order valence-electron chi connectivity index (χ4n) is 3.31. The van der Waals surface area contributed by atoms with Gasteiger partial charge in [0.2, 0.25) is 0 Å². The van der Waals surface area contributed by atoms with Crippen molar-refractivity contribution in [3.8, 4) is 0 Å². The van der Waals surface area contributed by atoms with Crippen molar-refractivity contribution in [3.05, 3.63) is 29.6 Å². The Hall–Kier alpha value is -1.07. The molecule has 1 fully saturated rings. The Morgan fingerprint density at radius 1 is 1.43 bits per heavy atom. The molecule has 1 unspecified atom stereocenters. The van der Waals surface area contributed by atoms with Gasteiger partial charge >= 0.3 is 0 Å². The van der Waals surface area contributed by atoms with Gasteiger partial charge in [0.15, 0.2) is 9.84 Å². The van der Waals surface area contributed by atoms with E-state index in [9.17, 15) is 8.42 Å². The van der Waals surface area contributed by atoms with Gasteiger partial charge in [-0.2, -0.15) is 0 Å². The maximum atomic E-state index is 12.0. The summed E-state index contributed by atoms with van der Waals surface area (Å²) < 4.78 is 26.0. The van der Waals surface area contributed by atoms with E-state index < -0.39 is 15.4 Å². The SMILES string of the molecule is Cc1cccc2c1nc(CCCl)n2C1(C)CCS(=O)(=O)C1. The molecule has 1 aliphatic heterocycles. The van der Waals surface area contributed by atoms with Gasteiger partial charge in [-0.05, 0) is 31.9 Å². The summed E-state index contributed by atoms with van der Waals surface area (Å²) >= 11 is 5.91. The molecule has 1 atom stereocenters. The molecule has 0 N–H and O–H groups in total. The number of aryl methyl sites for hydroxylation is 2. The molecular formula is C15H19ClN2O2S. The summed E-state index contributed by atoms with van der Waals surface area (Å²) in [5, 5.41) is 0. The first kappa shape index (κ1) is 14.9. The van der Waals surface area contributed by atoms with E-state index in [1.807, 2.05) is 32.0 Å². The maximum Gasteiger partial charge on any atom is 0.152 e. The van der Waals surface area contributed by atoms with Crippen LogP contribution in [0.3, 0.4) is 0 Å². The molecule has 1 aromatic carbocycles. The zero-order valence-electron chi connectivity index (χ0n) is 12.3. The molecule has 0 saturated carbocycles. The summed E-state index contributed by atoms with van der Waals surface area (Å²) in [6.45, 7) is 4.04. The highest BCUT2D eigenvalue weighted by atomic mass is 35.5. The zero-order valence-corrected chi connectivity index (χ0v) is 13.8. The topological polar surface area (TPSA) is 52.0 Å². The molecule has 2 aromatic rings. The van der Waals surface area contributed by atoms with Crippen LogP contribution in [0.4, 0.5) is 0 Å². The van der Waals surface area contributed by atoms with Crippen molar-refractivity contribution in [1.29, 1.82) is 0 Å². The smallest absolute Gasteiger partial charge is 0.152 e. The first-order chi connectivity index (χ1) is 9.86. The van der Waals surface area contributed by atoms with Gasteiger partial charge in [-0.25, -0.2) is 13.4 Å². The number of aromatic nitrogens is 2. The number of sulfone groups is 1. The largest absolute Gasteiger partial charge is 0.321 e. The Balaban J connectivity index is 2.25. The Labute approximate surface area is 130 Å². The highest BCUT2D eigenvalue weighted by Gasteiger charge is 2.41. The normalized spacial score (nSPS) is 24.7. The van der Waals surface area contributed by atoms with Crippen molar-refractivity contribution < 1.29 is 8.42 Å². The molecule has 0 amide bonds. The Bertz CT molecular complexity index is 797. The van der Waals surface area contributed by atoms with E-state index in [4.69, 9.17) is 16.6 Å². The first-order valence-corrected chi connectivity index (χ1v) is 9.46. The number of fused-ring (bicyclic) bond motifs is 1. The molecule has 6 heteroatoms. The van der Waals surface area contributed by atoms with Crippen molar-refractivity contribution in [2.24, 2.45) is 0 Å². The van der Waals surface area contributed by atoms with Crippen molar-refractivity contribution in [1.82, 2.24) is 9.55 Å². The molecule has 4 nitrogen and oxygen atoms in total. The molecule has 2 heterocycles. The number of para-hydroxylation sites is 1. The van der Waals surface area contributed by atoms with E-state index in [1.165, 1.54) is 0 Å². The highest BCUT2D eigenvalue weighted by Crippen LogP contribution is 2.35. The third kappa shape index (κ3) is 2.46. The lowest BCUT2D eigenvalue weighted by molar-refractivity contribution is 0.365. The number of hydrogen-bond acceptors (Lipinski definition) is 3. The number of benzene rings is 1. The van der Waals surface area contributed by atoms with Crippen LogP contribution in [0.2, 0.25) is 0 Å². The van der Waals surface area contributed by atoms with Crippen LogP contribution in [0, 0.1) is 6.92 Å². The molecule has 0 spiro atoms. The maximum absolute atomic E-state index is 12.0. The Morgan fingerprint density at radius 2 is 2.19 bits per heavy atom. The average Bonchev–Trinajstić information content (AvgIpc) is 2.89. The van der Waals surface area contributed by atoms with Crippen molar-refractivity contribution in [2.75, 3.05) is 17.4 Å². The first-order valence-electron chi connectivity index (χ1n) is 7.10. The Morgan fingerprint density at radius 3 is 2.81 bits per heavy atom. The molecule has 0 bridgehead atoms. The van der Waals surface area contributed by atoms with E-state index in [0.29, 0.717) is 18.7 Å². The van der Waals surface area contributed by atoms with Gasteiger partial charge in [0.05, 0.1) is 28.1 Å². The molecule has 0 radical (unpaired) electrons. The van der Waals surface area contributed by atoms with Gasteiger partial charge in [-0.1, -0.05) is 12.1 Å². The summed E-state index contributed by atoms with van der Waals surface area (Å²) in [4.78, 5) is 4.72. The van der Waals surface area contributed by atoms with Gasteiger partial charge in [0.25, 0.3) is 0 Å². The molecule has 0 aliphatic carbocycles. The van der Waals surface area contributed by atoms with E-state index in [0.717, 1.165) is 22.4 Å². The van der Waals surface area contributed by atoms with Crippen LogP contribution in [0.1, 0.15) is 24.7 Å². The predicted molar refractivity (Wildman–Crippen MR) is 85.8 cm³/mol. The molecule has 1 saturated heterocycles. The second kappa shape index (κ2) is 4.99. The lowest BCUT2D eigenvalue weighted by atomic mass is 10.0.